The number of hydrogen-bond donors (Lipinski definition) is 1. The van der Waals surface area contributed by atoms with Crippen molar-refractivity contribution in [3.05, 3.63) is 30.2 Å². The Labute approximate surface area is 76.5 Å². The van der Waals surface area contributed by atoms with Gasteiger partial charge in [-0.05, 0) is 6.42 Å². The van der Waals surface area contributed by atoms with E-state index in [0.29, 0.717) is 11.0 Å². The van der Waals surface area contributed by atoms with E-state index in [1.807, 2.05) is 6.08 Å². The molecule has 0 radical (unpaired) electrons. The zero-order valence-corrected chi connectivity index (χ0v) is 7.38. The maximum atomic E-state index is 5.74. The smallest absolute Gasteiger partial charge is 0.171 e. The molecule has 0 aromatic carbocycles. The molecule has 0 aliphatic rings. The summed E-state index contributed by atoms with van der Waals surface area (Å²) >= 11 is 5.74. The van der Waals surface area contributed by atoms with Crippen molar-refractivity contribution < 1.29 is 0 Å². The van der Waals surface area contributed by atoms with Gasteiger partial charge >= 0.3 is 0 Å². The van der Waals surface area contributed by atoms with Crippen LogP contribution in [-0.2, 0) is 0 Å². The molecule has 0 unspecified atom stereocenters. The van der Waals surface area contributed by atoms with Gasteiger partial charge in [-0.25, -0.2) is 9.97 Å². The zero-order chi connectivity index (χ0) is 8.81. The summed E-state index contributed by atoms with van der Waals surface area (Å²) < 4.78 is 0. The Morgan fingerprint density at radius 1 is 1.50 bits per heavy atom. The van der Waals surface area contributed by atoms with Crippen molar-refractivity contribution in [3.63, 3.8) is 0 Å². The number of aromatic nitrogens is 2. The first-order valence-corrected chi connectivity index (χ1v) is 4.03. The van der Waals surface area contributed by atoms with E-state index in [0.717, 1.165) is 13.0 Å². The van der Waals surface area contributed by atoms with E-state index in [1.165, 1.54) is 0 Å². The summed E-state index contributed by atoms with van der Waals surface area (Å²) in [6, 6.07) is 0. The number of halogens is 1. The Morgan fingerprint density at radius 3 is 2.92 bits per heavy atom. The molecule has 1 rings (SSSR count). The van der Waals surface area contributed by atoms with E-state index in [1.54, 1.807) is 12.4 Å². The van der Waals surface area contributed by atoms with E-state index in [2.05, 4.69) is 21.9 Å². The summed E-state index contributed by atoms with van der Waals surface area (Å²) in [6.07, 6.45) is 5.87. The fourth-order valence-electron chi connectivity index (χ4n) is 0.732. The number of anilines is 1. The molecule has 4 heteroatoms. The topological polar surface area (TPSA) is 37.8 Å². The van der Waals surface area contributed by atoms with Gasteiger partial charge in [0.25, 0.3) is 0 Å². The number of nitrogens with one attached hydrogen (secondary N) is 1. The molecular weight excluding hydrogens is 174 g/mol. The van der Waals surface area contributed by atoms with E-state index in [4.69, 9.17) is 11.6 Å². The molecule has 0 atom stereocenters. The maximum absolute atomic E-state index is 5.74. The monoisotopic (exact) mass is 183 g/mol. The predicted octanol–water partition coefficient (Wildman–Crippen LogP) is 2.12. The Balaban J connectivity index is 2.51. The number of hydrogen-bond acceptors (Lipinski definition) is 3. The van der Waals surface area contributed by atoms with Gasteiger partial charge in [0.05, 0.1) is 0 Å². The molecule has 1 N–H and O–H groups in total. The van der Waals surface area contributed by atoms with Gasteiger partial charge in [0, 0.05) is 18.9 Å². The molecule has 1 aromatic heterocycles. The maximum Gasteiger partial charge on any atom is 0.171 e. The summed E-state index contributed by atoms with van der Waals surface area (Å²) in [4.78, 5) is 7.88. The van der Waals surface area contributed by atoms with Gasteiger partial charge in [0.1, 0.15) is 0 Å². The van der Waals surface area contributed by atoms with Crippen molar-refractivity contribution in [2.75, 3.05) is 11.9 Å². The third-order valence-electron chi connectivity index (χ3n) is 1.29. The lowest BCUT2D eigenvalue weighted by molar-refractivity contribution is 1.04. The minimum atomic E-state index is 0.404. The van der Waals surface area contributed by atoms with Crippen LogP contribution in [0.15, 0.2) is 25.0 Å². The minimum absolute atomic E-state index is 0.404. The molecule has 12 heavy (non-hydrogen) atoms. The molecule has 0 amide bonds. The summed E-state index contributed by atoms with van der Waals surface area (Å²) in [5.74, 6) is 0.626. The average molecular weight is 184 g/mol. The van der Waals surface area contributed by atoms with Crippen LogP contribution in [0.25, 0.3) is 0 Å². The van der Waals surface area contributed by atoms with Crippen LogP contribution in [0.5, 0.6) is 0 Å². The molecular formula is C8H10ClN3. The summed E-state index contributed by atoms with van der Waals surface area (Å²) in [5.41, 5.74) is 0. The number of nitrogens with zero attached hydrogens (tertiary/aromatic N) is 2. The zero-order valence-electron chi connectivity index (χ0n) is 6.63. The van der Waals surface area contributed by atoms with E-state index < -0.39 is 0 Å². The Bertz CT molecular complexity index is 262. The van der Waals surface area contributed by atoms with Crippen LogP contribution in [0.3, 0.4) is 0 Å². The summed E-state index contributed by atoms with van der Waals surface area (Å²) in [6.45, 7) is 4.38. The van der Waals surface area contributed by atoms with Crippen molar-refractivity contribution in [2.45, 2.75) is 6.42 Å². The minimum Gasteiger partial charge on any atom is -0.367 e. The van der Waals surface area contributed by atoms with Gasteiger partial charge in [0.2, 0.25) is 0 Å². The molecule has 0 spiro atoms. The molecule has 3 nitrogen and oxygen atoms in total. The van der Waals surface area contributed by atoms with Crippen LogP contribution in [0.2, 0.25) is 5.15 Å². The number of rotatable bonds is 4. The normalized spacial score (nSPS) is 9.42. The standard InChI is InChI=1S/C8H10ClN3/c1-2-3-4-11-8-7(9)10-5-6-12-8/h2,5-6H,1,3-4H2,(H,11,12). The van der Waals surface area contributed by atoms with Gasteiger partial charge < -0.3 is 5.32 Å². The summed E-state index contributed by atoms with van der Waals surface area (Å²) in [5, 5.41) is 3.44. The molecule has 0 bridgehead atoms. The molecule has 1 heterocycles. The largest absolute Gasteiger partial charge is 0.367 e. The van der Waals surface area contributed by atoms with Gasteiger partial charge in [-0.15, -0.1) is 6.58 Å². The van der Waals surface area contributed by atoms with Crippen molar-refractivity contribution in [1.29, 1.82) is 0 Å². The van der Waals surface area contributed by atoms with Crippen LogP contribution in [0.1, 0.15) is 6.42 Å². The first-order chi connectivity index (χ1) is 5.84. The van der Waals surface area contributed by atoms with Crippen molar-refractivity contribution in [3.8, 4) is 0 Å². The molecule has 0 fully saturated rings. The fourth-order valence-corrected chi connectivity index (χ4v) is 0.904. The van der Waals surface area contributed by atoms with Crippen molar-refractivity contribution in [1.82, 2.24) is 9.97 Å². The van der Waals surface area contributed by atoms with Gasteiger partial charge in [0.15, 0.2) is 11.0 Å². The van der Waals surface area contributed by atoms with Crippen LogP contribution >= 0.6 is 11.6 Å². The molecule has 64 valence electrons. The highest BCUT2D eigenvalue weighted by molar-refractivity contribution is 6.31. The fraction of sp³-hybridized carbons (Fsp3) is 0.250. The highest BCUT2D eigenvalue weighted by Gasteiger charge is 1.98. The molecule has 0 aliphatic carbocycles. The van der Waals surface area contributed by atoms with E-state index >= 15 is 0 Å². The van der Waals surface area contributed by atoms with E-state index in [9.17, 15) is 0 Å². The molecule has 0 saturated heterocycles. The SMILES string of the molecule is C=CCCNc1nccnc1Cl. The lowest BCUT2D eigenvalue weighted by Crippen LogP contribution is -2.03. The third-order valence-corrected chi connectivity index (χ3v) is 1.57. The predicted molar refractivity (Wildman–Crippen MR) is 50.3 cm³/mol. The first kappa shape index (κ1) is 9.00. The van der Waals surface area contributed by atoms with Crippen LogP contribution in [-0.4, -0.2) is 16.5 Å². The highest BCUT2D eigenvalue weighted by Crippen LogP contribution is 2.13. The highest BCUT2D eigenvalue weighted by atomic mass is 35.5. The van der Waals surface area contributed by atoms with Crippen LogP contribution in [0, 0.1) is 0 Å². The second-order valence-electron chi connectivity index (χ2n) is 2.20. The molecule has 1 aromatic rings. The van der Waals surface area contributed by atoms with E-state index in [-0.39, 0.29) is 0 Å². The van der Waals surface area contributed by atoms with Crippen LogP contribution < -0.4 is 5.32 Å². The van der Waals surface area contributed by atoms with Crippen molar-refractivity contribution >= 4 is 17.4 Å². The quantitative estimate of drug-likeness (QED) is 0.574. The Kier molecular flexibility index (Phi) is 3.54. The van der Waals surface area contributed by atoms with Gasteiger partial charge in [-0.1, -0.05) is 17.7 Å². The summed E-state index contributed by atoms with van der Waals surface area (Å²) in [7, 11) is 0. The molecule has 0 aliphatic heterocycles. The lowest BCUT2D eigenvalue weighted by Gasteiger charge is -2.03. The van der Waals surface area contributed by atoms with Crippen molar-refractivity contribution in [2.24, 2.45) is 0 Å². The second-order valence-corrected chi connectivity index (χ2v) is 2.56. The first-order valence-electron chi connectivity index (χ1n) is 3.66. The second kappa shape index (κ2) is 4.72. The average Bonchev–Trinajstić information content (AvgIpc) is 2.09. The van der Waals surface area contributed by atoms with Crippen LogP contribution in [0.4, 0.5) is 5.82 Å². The van der Waals surface area contributed by atoms with Gasteiger partial charge in [-0.3, -0.25) is 0 Å². The van der Waals surface area contributed by atoms with Gasteiger partial charge in [-0.2, -0.15) is 0 Å². The Morgan fingerprint density at radius 2 is 2.25 bits per heavy atom. The molecule has 0 saturated carbocycles. The third kappa shape index (κ3) is 2.51. The lowest BCUT2D eigenvalue weighted by atomic mass is 10.4. The Hall–Kier alpha value is -1.09.